The number of piperidine rings is 1. The van der Waals surface area contributed by atoms with Crippen LogP contribution in [0.3, 0.4) is 0 Å². The van der Waals surface area contributed by atoms with E-state index in [1.807, 2.05) is 24.3 Å². The van der Waals surface area contributed by atoms with Crippen LogP contribution in [0, 0.1) is 0 Å². The van der Waals surface area contributed by atoms with Crippen molar-refractivity contribution in [3.05, 3.63) is 29.8 Å². The van der Waals surface area contributed by atoms with Gasteiger partial charge in [-0.1, -0.05) is 12.1 Å². The van der Waals surface area contributed by atoms with Crippen LogP contribution in [0.5, 0.6) is 0 Å². The number of piperazine rings is 1. The summed E-state index contributed by atoms with van der Waals surface area (Å²) in [5.41, 5.74) is 0.838. The predicted octanol–water partition coefficient (Wildman–Crippen LogP) is 1.26. The molecule has 28 heavy (non-hydrogen) atoms. The fourth-order valence-corrected chi connectivity index (χ4v) is 5.86. The normalized spacial score (nSPS) is 31.2. The SMILES string of the molecule is CS(=O)(=O)N1CCN(c2ccc(C3(O)CC4CCC(C3)N4C(=O)O)cc2)CC1. The van der Waals surface area contributed by atoms with E-state index < -0.39 is 21.7 Å². The van der Waals surface area contributed by atoms with Crippen molar-refractivity contribution in [1.82, 2.24) is 9.21 Å². The third kappa shape index (κ3) is 3.46. The number of nitrogens with zero attached hydrogens (tertiary/aromatic N) is 3. The van der Waals surface area contributed by atoms with Gasteiger partial charge in [0.25, 0.3) is 0 Å². The van der Waals surface area contributed by atoms with Crippen LogP contribution in [-0.4, -0.2) is 78.4 Å². The fourth-order valence-electron chi connectivity index (χ4n) is 5.03. The molecule has 154 valence electrons. The summed E-state index contributed by atoms with van der Waals surface area (Å²) in [6.07, 6.45) is 2.83. The molecule has 2 atom stereocenters. The Morgan fingerprint density at radius 3 is 2.04 bits per heavy atom. The van der Waals surface area contributed by atoms with Crippen LogP contribution in [0.1, 0.15) is 31.2 Å². The number of benzene rings is 1. The molecule has 2 bridgehead atoms. The number of sulfonamides is 1. The molecule has 0 saturated carbocycles. The minimum Gasteiger partial charge on any atom is -0.465 e. The van der Waals surface area contributed by atoms with Crippen molar-refractivity contribution in [2.24, 2.45) is 0 Å². The maximum atomic E-state index is 11.6. The molecule has 0 spiro atoms. The molecule has 2 N–H and O–H groups in total. The quantitative estimate of drug-likeness (QED) is 0.779. The van der Waals surface area contributed by atoms with Crippen molar-refractivity contribution in [2.75, 3.05) is 37.3 Å². The fraction of sp³-hybridized carbons (Fsp3) is 0.632. The van der Waals surface area contributed by atoms with Gasteiger partial charge in [0, 0.05) is 56.8 Å². The van der Waals surface area contributed by atoms with Gasteiger partial charge in [0.1, 0.15) is 0 Å². The van der Waals surface area contributed by atoms with Crippen molar-refractivity contribution < 1.29 is 23.4 Å². The van der Waals surface area contributed by atoms with Crippen LogP contribution >= 0.6 is 0 Å². The molecule has 3 saturated heterocycles. The molecular formula is C19H27N3O5S. The molecule has 9 heteroatoms. The third-order valence-corrected chi connectivity index (χ3v) is 7.77. The van der Waals surface area contributed by atoms with E-state index in [1.54, 1.807) is 0 Å². The van der Waals surface area contributed by atoms with Crippen molar-refractivity contribution in [3.63, 3.8) is 0 Å². The zero-order chi connectivity index (χ0) is 20.1. The smallest absolute Gasteiger partial charge is 0.407 e. The zero-order valence-corrected chi connectivity index (χ0v) is 16.8. The summed E-state index contributed by atoms with van der Waals surface area (Å²) in [4.78, 5) is 15.1. The van der Waals surface area contributed by atoms with Crippen molar-refractivity contribution in [2.45, 2.75) is 43.4 Å². The first-order valence-electron chi connectivity index (χ1n) is 9.72. The molecule has 3 heterocycles. The predicted molar refractivity (Wildman–Crippen MR) is 105 cm³/mol. The van der Waals surface area contributed by atoms with E-state index in [4.69, 9.17) is 0 Å². The second-order valence-corrected chi connectivity index (χ2v) is 10.2. The first-order valence-corrected chi connectivity index (χ1v) is 11.6. The van der Waals surface area contributed by atoms with Gasteiger partial charge in [-0.05, 0) is 30.5 Å². The minimum atomic E-state index is -3.15. The number of hydrogen-bond acceptors (Lipinski definition) is 5. The first kappa shape index (κ1) is 19.5. The highest BCUT2D eigenvalue weighted by Crippen LogP contribution is 2.45. The van der Waals surface area contributed by atoms with Gasteiger partial charge in [0.2, 0.25) is 10.0 Å². The Kier molecular flexibility index (Phi) is 4.79. The Morgan fingerprint density at radius 1 is 1.04 bits per heavy atom. The third-order valence-electron chi connectivity index (χ3n) is 6.46. The standard InChI is InChI=1S/C19H27N3O5S/c1-28(26,27)21-10-8-20(9-11-21)15-4-2-14(3-5-15)19(25)12-16-6-7-17(13-19)22(16)18(23)24/h2-5,16-17,25H,6-13H2,1H3,(H,23,24). The monoisotopic (exact) mass is 409 g/mol. The van der Waals surface area contributed by atoms with E-state index >= 15 is 0 Å². The van der Waals surface area contributed by atoms with E-state index in [0.717, 1.165) is 24.1 Å². The zero-order valence-electron chi connectivity index (χ0n) is 16.0. The number of rotatable bonds is 3. The summed E-state index contributed by atoms with van der Waals surface area (Å²) >= 11 is 0. The summed E-state index contributed by atoms with van der Waals surface area (Å²) in [5, 5.41) is 20.6. The molecule has 0 radical (unpaired) electrons. The van der Waals surface area contributed by atoms with Gasteiger partial charge in [-0.2, -0.15) is 4.31 Å². The molecule has 1 amide bonds. The minimum absolute atomic E-state index is 0.120. The maximum Gasteiger partial charge on any atom is 0.407 e. The summed E-state index contributed by atoms with van der Waals surface area (Å²) < 4.78 is 24.8. The summed E-state index contributed by atoms with van der Waals surface area (Å²) in [6.45, 7) is 2.21. The van der Waals surface area contributed by atoms with Crippen LogP contribution in [-0.2, 0) is 15.6 Å². The van der Waals surface area contributed by atoms with Crippen LogP contribution in [0.2, 0.25) is 0 Å². The highest BCUT2D eigenvalue weighted by atomic mass is 32.2. The van der Waals surface area contributed by atoms with E-state index in [1.165, 1.54) is 15.5 Å². The van der Waals surface area contributed by atoms with Crippen molar-refractivity contribution in [1.29, 1.82) is 0 Å². The number of hydrogen-bond donors (Lipinski definition) is 2. The van der Waals surface area contributed by atoms with Gasteiger partial charge in [-0.15, -0.1) is 0 Å². The second kappa shape index (κ2) is 6.89. The van der Waals surface area contributed by atoms with Gasteiger partial charge < -0.3 is 20.0 Å². The average molecular weight is 410 g/mol. The highest BCUT2D eigenvalue weighted by Gasteiger charge is 2.50. The molecule has 0 aliphatic carbocycles. The number of carboxylic acid groups (broad SMARTS) is 1. The Labute approximate surface area is 165 Å². The Hall–Kier alpha value is -1.84. The lowest BCUT2D eigenvalue weighted by Crippen LogP contribution is -2.51. The van der Waals surface area contributed by atoms with E-state index in [-0.39, 0.29) is 12.1 Å². The van der Waals surface area contributed by atoms with Gasteiger partial charge in [0.05, 0.1) is 11.9 Å². The number of aliphatic hydroxyl groups is 1. The van der Waals surface area contributed by atoms with E-state index in [9.17, 15) is 23.4 Å². The topological polar surface area (TPSA) is 101 Å². The molecule has 3 aliphatic heterocycles. The lowest BCUT2D eigenvalue weighted by molar-refractivity contribution is -0.0492. The first-order chi connectivity index (χ1) is 13.2. The number of carbonyl (C=O) groups is 1. The molecule has 1 aromatic rings. The van der Waals surface area contributed by atoms with Crippen LogP contribution in [0.4, 0.5) is 10.5 Å². The molecule has 3 fully saturated rings. The number of fused-ring (bicyclic) bond motifs is 2. The van der Waals surface area contributed by atoms with Crippen molar-refractivity contribution >= 4 is 21.8 Å². The van der Waals surface area contributed by atoms with E-state index in [2.05, 4.69) is 4.90 Å². The Morgan fingerprint density at radius 2 is 1.57 bits per heavy atom. The van der Waals surface area contributed by atoms with Gasteiger partial charge >= 0.3 is 6.09 Å². The second-order valence-electron chi connectivity index (χ2n) is 8.21. The van der Waals surface area contributed by atoms with Crippen LogP contribution in [0.15, 0.2) is 24.3 Å². The summed E-state index contributed by atoms with van der Waals surface area (Å²) in [7, 11) is -3.15. The van der Waals surface area contributed by atoms with E-state index in [0.29, 0.717) is 39.0 Å². The Bertz CT molecular complexity index is 835. The molecule has 1 aromatic carbocycles. The Balaban J connectivity index is 1.45. The van der Waals surface area contributed by atoms with Gasteiger partial charge in [-0.3, -0.25) is 0 Å². The summed E-state index contributed by atoms with van der Waals surface area (Å²) in [5.74, 6) is 0. The molecule has 0 aromatic heterocycles. The molecule has 8 nitrogen and oxygen atoms in total. The number of amides is 1. The number of anilines is 1. The summed E-state index contributed by atoms with van der Waals surface area (Å²) in [6, 6.07) is 7.54. The molecule has 3 aliphatic rings. The van der Waals surface area contributed by atoms with Crippen LogP contribution in [0.25, 0.3) is 0 Å². The van der Waals surface area contributed by atoms with Gasteiger partial charge in [-0.25, -0.2) is 13.2 Å². The molecular weight excluding hydrogens is 382 g/mol. The molecule has 2 unspecified atom stereocenters. The van der Waals surface area contributed by atoms with Crippen LogP contribution < -0.4 is 4.90 Å². The highest BCUT2D eigenvalue weighted by molar-refractivity contribution is 7.88. The van der Waals surface area contributed by atoms with Gasteiger partial charge in [0.15, 0.2) is 0 Å². The lowest BCUT2D eigenvalue weighted by Gasteiger charge is -2.43. The lowest BCUT2D eigenvalue weighted by atomic mass is 9.80. The molecule has 4 rings (SSSR count). The maximum absolute atomic E-state index is 11.6. The largest absolute Gasteiger partial charge is 0.465 e. The average Bonchev–Trinajstić information content (AvgIpc) is 2.94. The van der Waals surface area contributed by atoms with Crippen molar-refractivity contribution in [3.8, 4) is 0 Å².